The van der Waals surface area contributed by atoms with Crippen LogP contribution in [0.3, 0.4) is 0 Å². The molecule has 0 radical (unpaired) electrons. The molecule has 0 aliphatic heterocycles. The largest absolute Gasteiger partial charge is 0.492 e. The fraction of sp³-hybridized carbons (Fsp3) is 0.500. The van der Waals surface area contributed by atoms with Crippen molar-refractivity contribution in [1.29, 1.82) is 0 Å². The average Bonchev–Trinajstić information content (AvgIpc) is 2.38. The van der Waals surface area contributed by atoms with Crippen LogP contribution in [0, 0.1) is 0 Å². The van der Waals surface area contributed by atoms with Crippen molar-refractivity contribution in [3.05, 3.63) is 28.2 Å². The Kier molecular flexibility index (Phi) is 7.29. The standard InChI is InChI=1S/C16H23BrN2O2S/c1-5-6-9-21-13-8-7-11(10-12(13)17)14(20)18-15(22)19-16(2,3)4/h7-8,10H,5-6,9H2,1-4H3,(H2,18,19,20,22). The first-order chi connectivity index (χ1) is 10.2. The summed E-state index contributed by atoms with van der Waals surface area (Å²) in [5.41, 5.74) is 0.329. The number of carbonyl (C=O) groups excluding carboxylic acids is 1. The molecule has 0 saturated heterocycles. The Morgan fingerprint density at radius 3 is 2.59 bits per heavy atom. The number of rotatable bonds is 5. The number of hydrogen-bond acceptors (Lipinski definition) is 3. The van der Waals surface area contributed by atoms with Gasteiger partial charge in [0, 0.05) is 11.1 Å². The number of thiocarbonyl (C=S) groups is 1. The van der Waals surface area contributed by atoms with E-state index < -0.39 is 0 Å². The maximum atomic E-state index is 12.2. The van der Waals surface area contributed by atoms with E-state index in [1.54, 1.807) is 18.2 Å². The number of unbranched alkanes of at least 4 members (excludes halogenated alkanes) is 1. The summed E-state index contributed by atoms with van der Waals surface area (Å²) >= 11 is 8.56. The average molecular weight is 387 g/mol. The summed E-state index contributed by atoms with van der Waals surface area (Å²) in [6, 6.07) is 5.24. The Labute approximate surface area is 146 Å². The van der Waals surface area contributed by atoms with E-state index >= 15 is 0 Å². The Morgan fingerprint density at radius 2 is 2.05 bits per heavy atom. The van der Waals surface area contributed by atoms with Gasteiger partial charge in [-0.2, -0.15) is 0 Å². The van der Waals surface area contributed by atoms with Gasteiger partial charge in [0.25, 0.3) is 5.91 Å². The van der Waals surface area contributed by atoms with E-state index in [0.717, 1.165) is 23.1 Å². The second kappa shape index (κ2) is 8.48. The number of halogens is 1. The van der Waals surface area contributed by atoms with Crippen molar-refractivity contribution in [2.45, 2.75) is 46.1 Å². The molecule has 0 fully saturated rings. The molecule has 0 spiro atoms. The molecule has 0 aliphatic carbocycles. The predicted octanol–water partition coefficient (Wildman–Crippen LogP) is 4.03. The molecule has 22 heavy (non-hydrogen) atoms. The van der Waals surface area contributed by atoms with E-state index in [1.807, 2.05) is 20.8 Å². The SMILES string of the molecule is CCCCOc1ccc(C(=O)NC(=S)NC(C)(C)C)cc1Br. The quantitative estimate of drug-likeness (QED) is 0.592. The molecule has 0 bridgehead atoms. The number of benzene rings is 1. The Balaban J connectivity index is 2.67. The molecular weight excluding hydrogens is 364 g/mol. The summed E-state index contributed by atoms with van der Waals surface area (Å²) in [6.07, 6.45) is 2.08. The van der Waals surface area contributed by atoms with Gasteiger partial charge < -0.3 is 10.1 Å². The second-order valence-electron chi connectivity index (χ2n) is 6.01. The van der Waals surface area contributed by atoms with Crippen molar-refractivity contribution in [3.8, 4) is 5.75 Å². The zero-order valence-corrected chi connectivity index (χ0v) is 15.9. The minimum Gasteiger partial charge on any atom is -0.492 e. The maximum Gasteiger partial charge on any atom is 0.257 e. The highest BCUT2D eigenvalue weighted by Crippen LogP contribution is 2.26. The minimum absolute atomic E-state index is 0.193. The molecule has 6 heteroatoms. The smallest absolute Gasteiger partial charge is 0.257 e. The van der Waals surface area contributed by atoms with Crippen LogP contribution in [0.1, 0.15) is 50.9 Å². The van der Waals surface area contributed by atoms with Crippen LogP contribution in [-0.4, -0.2) is 23.2 Å². The van der Waals surface area contributed by atoms with Crippen molar-refractivity contribution in [2.24, 2.45) is 0 Å². The molecule has 0 aromatic heterocycles. The fourth-order valence-corrected chi connectivity index (χ4v) is 2.52. The van der Waals surface area contributed by atoms with E-state index in [2.05, 4.69) is 33.5 Å². The van der Waals surface area contributed by atoms with Crippen LogP contribution < -0.4 is 15.4 Å². The van der Waals surface area contributed by atoms with Gasteiger partial charge in [0.1, 0.15) is 5.75 Å². The molecule has 1 rings (SSSR count). The Morgan fingerprint density at radius 1 is 1.36 bits per heavy atom. The molecule has 4 nitrogen and oxygen atoms in total. The minimum atomic E-state index is -0.248. The first-order valence-electron chi connectivity index (χ1n) is 7.29. The van der Waals surface area contributed by atoms with Gasteiger partial charge in [-0.15, -0.1) is 0 Å². The lowest BCUT2D eigenvalue weighted by molar-refractivity contribution is 0.0976. The molecule has 1 aromatic rings. The number of hydrogen-bond donors (Lipinski definition) is 2. The zero-order valence-electron chi connectivity index (χ0n) is 13.5. The fourth-order valence-electron chi connectivity index (χ4n) is 1.63. The van der Waals surface area contributed by atoms with Gasteiger partial charge in [-0.1, -0.05) is 13.3 Å². The third-order valence-corrected chi connectivity index (χ3v) is 3.49. The van der Waals surface area contributed by atoms with Crippen molar-refractivity contribution in [1.82, 2.24) is 10.6 Å². The second-order valence-corrected chi connectivity index (χ2v) is 7.27. The zero-order chi connectivity index (χ0) is 16.8. The summed E-state index contributed by atoms with van der Waals surface area (Å²) in [6.45, 7) is 8.71. The molecular formula is C16H23BrN2O2S. The predicted molar refractivity (Wildman–Crippen MR) is 97.5 cm³/mol. The number of carbonyl (C=O) groups is 1. The molecule has 0 saturated carbocycles. The highest BCUT2D eigenvalue weighted by molar-refractivity contribution is 9.10. The third-order valence-electron chi connectivity index (χ3n) is 2.67. The summed E-state index contributed by atoms with van der Waals surface area (Å²) in [4.78, 5) is 12.2. The molecule has 2 N–H and O–H groups in total. The summed E-state index contributed by atoms with van der Waals surface area (Å²) < 4.78 is 6.40. The Hall–Kier alpha value is -1.14. The van der Waals surface area contributed by atoms with E-state index in [-0.39, 0.29) is 11.4 Å². The molecule has 0 atom stereocenters. The monoisotopic (exact) mass is 386 g/mol. The highest BCUT2D eigenvalue weighted by atomic mass is 79.9. The molecule has 0 heterocycles. The molecule has 0 aliphatic rings. The van der Waals surface area contributed by atoms with Crippen LogP contribution in [0.2, 0.25) is 0 Å². The van der Waals surface area contributed by atoms with Gasteiger partial charge in [-0.05, 0) is 73.5 Å². The lowest BCUT2D eigenvalue weighted by Gasteiger charge is -2.22. The molecule has 1 amide bonds. The van der Waals surface area contributed by atoms with Crippen LogP contribution in [0.5, 0.6) is 5.75 Å². The first-order valence-corrected chi connectivity index (χ1v) is 8.49. The third kappa shape index (κ3) is 6.75. The van der Waals surface area contributed by atoms with Gasteiger partial charge in [-0.3, -0.25) is 10.1 Å². The van der Waals surface area contributed by atoms with E-state index in [9.17, 15) is 4.79 Å². The van der Waals surface area contributed by atoms with Crippen LogP contribution >= 0.6 is 28.1 Å². The molecule has 122 valence electrons. The van der Waals surface area contributed by atoms with Gasteiger partial charge in [0.05, 0.1) is 11.1 Å². The van der Waals surface area contributed by atoms with E-state index in [1.165, 1.54) is 0 Å². The van der Waals surface area contributed by atoms with Gasteiger partial charge in [0.2, 0.25) is 0 Å². The number of ether oxygens (including phenoxy) is 1. The van der Waals surface area contributed by atoms with Crippen LogP contribution in [-0.2, 0) is 0 Å². The number of nitrogens with one attached hydrogen (secondary N) is 2. The van der Waals surface area contributed by atoms with Crippen molar-refractivity contribution in [3.63, 3.8) is 0 Å². The Bertz CT molecular complexity index is 541. The lowest BCUT2D eigenvalue weighted by Crippen LogP contribution is -2.48. The van der Waals surface area contributed by atoms with Gasteiger partial charge in [0.15, 0.2) is 5.11 Å². The normalized spacial score (nSPS) is 11.0. The van der Waals surface area contributed by atoms with Gasteiger partial charge in [-0.25, -0.2) is 0 Å². The number of amides is 1. The molecule has 0 unspecified atom stereocenters. The maximum absolute atomic E-state index is 12.2. The van der Waals surface area contributed by atoms with Crippen LogP contribution in [0.15, 0.2) is 22.7 Å². The van der Waals surface area contributed by atoms with E-state index in [4.69, 9.17) is 17.0 Å². The van der Waals surface area contributed by atoms with Crippen molar-refractivity contribution < 1.29 is 9.53 Å². The topological polar surface area (TPSA) is 50.4 Å². The summed E-state index contributed by atoms with van der Waals surface area (Å²) in [5, 5.41) is 6.03. The summed E-state index contributed by atoms with van der Waals surface area (Å²) in [7, 11) is 0. The summed E-state index contributed by atoms with van der Waals surface area (Å²) in [5.74, 6) is 0.489. The van der Waals surface area contributed by atoms with Crippen LogP contribution in [0.4, 0.5) is 0 Å². The van der Waals surface area contributed by atoms with Crippen molar-refractivity contribution >= 4 is 39.2 Å². The lowest BCUT2D eigenvalue weighted by atomic mass is 10.1. The highest BCUT2D eigenvalue weighted by Gasteiger charge is 2.15. The first kappa shape index (κ1) is 18.9. The van der Waals surface area contributed by atoms with Crippen molar-refractivity contribution in [2.75, 3.05) is 6.61 Å². The molecule has 1 aromatic carbocycles. The van der Waals surface area contributed by atoms with Crippen LogP contribution in [0.25, 0.3) is 0 Å². The van der Waals surface area contributed by atoms with E-state index in [0.29, 0.717) is 17.3 Å². The van der Waals surface area contributed by atoms with Gasteiger partial charge >= 0.3 is 0 Å².